The third-order valence-corrected chi connectivity index (χ3v) is 5.45. The average molecular weight is 389 g/mol. The van der Waals surface area contributed by atoms with Crippen molar-refractivity contribution in [3.8, 4) is 6.07 Å². The maximum atomic E-state index is 8.98. The van der Waals surface area contributed by atoms with E-state index in [2.05, 4.69) is 26.3 Å². The van der Waals surface area contributed by atoms with E-state index >= 15 is 0 Å². The Balaban J connectivity index is 1.82. The Hall–Kier alpha value is -2.11. The molecule has 2 unspecified atom stereocenters. The van der Waals surface area contributed by atoms with Crippen molar-refractivity contribution in [1.29, 1.82) is 5.26 Å². The van der Waals surface area contributed by atoms with Crippen LogP contribution in [0.5, 0.6) is 0 Å². The molecule has 24 heavy (non-hydrogen) atoms. The van der Waals surface area contributed by atoms with Gasteiger partial charge in [0.2, 0.25) is 0 Å². The minimum Gasteiger partial charge on any atom is -0.483 e. The topological polar surface area (TPSA) is 101 Å². The van der Waals surface area contributed by atoms with E-state index in [1.54, 1.807) is 10.7 Å². The molecule has 0 aliphatic carbocycles. The van der Waals surface area contributed by atoms with E-state index in [9.17, 15) is 0 Å². The smallest absolute Gasteiger partial charge is 0.193 e. The highest BCUT2D eigenvalue weighted by molar-refractivity contribution is 9.10. The van der Waals surface area contributed by atoms with Gasteiger partial charge >= 0.3 is 0 Å². The van der Waals surface area contributed by atoms with Crippen molar-refractivity contribution in [1.82, 2.24) is 19.9 Å². The lowest BCUT2D eigenvalue weighted by atomic mass is 9.95. The number of nitrogens with zero attached hydrogens (tertiary/aromatic N) is 4. The first-order chi connectivity index (χ1) is 11.7. The summed E-state index contributed by atoms with van der Waals surface area (Å²) in [5, 5.41) is 16.8. The van der Waals surface area contributed by atoms with E-state index in [-0.39, 0.29) is 5.92 Å². The monoisotopic (exact) mass is 388 g/mol. The molecule has 2 atom stereocenters. The summed E-state index contributed by atoms with van der Waals surface area (Å²) in [6.07, 6.45) is 5.79. The second kappa shape index (κ2) is 6.07. The van der Waals surface area contributed by atoms with Crippen LogP contribution in [0.2, 0.25) is 0 Å². The number of halogens is 1. The van der Waals surface area contributed by atoms with Gasteiger partial charge in [0.25, 0.3) is 0 Å². The van der Waals surface area contributed by atoms with Crippen LogP contribution >= 0.6 is 15.9 Å². The Morgan fingerprint density at radius 2 is 2.38 bits per heavy atom. The molecule has 124 valence electrons. The van der Waals surface area contributed by atoms with Crippen molar-refractivity contribution in [3.63, 3.8) is 0 Å². The zero-order chi connectivity index (χ0) is 16.7. The molecule has 2 aromatic rings. The molecule has 0 aromatic carbocycles. The van der Waals surface area contributed by atoms with Crippen molar-refractivity contribution in [2.45, 2.75) is 24.7 Å². The van der Waals surface area contributed by atoms with Crippen LogP contribution in [-0.4, -0.2) is 34.3 Å². The molecule has 0 radical (unpaired) electrons. The number of fused-ring (bicyclic) bond motifs is 1. The third kappa shape index (κ3) is 2.44. The predicted octanol–water partition coefficient (Wildman–Crippen LogP) is 2.06. The fourth-order valence-electron chi connectivity index (χ4n) is 3.36. The number of hydrogen-bond donors (Lipinski definition) is 2. The molecule has 2 aromatic heterocycles. The standard InChI is InChI=1S/C16H17BrN6O/c17-13-14(9-2-1-3-20-6-9)22-16-12(7-21-23(16)15(13)19)10-4-11(5-18)24-8-10/h4,7,9-10,20H,1-3,6,8,19H2. The molecule has 0 amide bonds. The van der Waals surface area contributed by atoms with Crippen LogP contribution in [0, 0.1) is 11.3 Å². The number of piperidine rings is 1. The molecule has 1 fully saturated rings. The molecule has 3 N–H and O–H groups in total. The molecule has 0 bridgehead atoms. The zero-order valence-electron chi connectivity index (χ0n) is 13.0. The molecule has 0 spiro atoms. The summed E-state index contributed by atoms with van der Waals surface area (Å²) >= 11 is 3.59. The summed E-state index contributed by atoms with van der Waals surface area (Å²) < 4.78 is 7.84. The molecular weight excluding hydrogens is 372 g/mol. The summed E-state index contributed by atoms with van der Waals surface area (Å²) in [6, 6.07) is 2.04. The van der Waals surface area contributed by atoms with Gasteiger partial charge in [-0.15, -0.1) is 0 Å². The van der Waals surface area contributed by atoms with Gasteiger partial charge in [-0.25, -0.2) is 4.98 Å². The third-order valence-electron chi connectivity index (χ3n) is 4.64. The second-order valence-corrected chi connectivity index (χ2v) is 6.93. The molecule has 0 saturated carbocycles. The molecule has 1 saturated heterocycles. The van der Waals surface area contributed by atoms with Crippen molar-refractivity contribution in [2.24, 2.45) is 0 Å². The Bertz CT molecular complexity index is 862. The van der Waals surface area contributed by atoms with Gasteiger partial charge in [-0.2, -0.15) is 14.9 Å². The molecule has 2 aliphatic rings. The summed E-state index contributed by atoms with van der Waals surface area (Å²) in [4.78, 5) is 4.88. The first-order valence-electron chi connectivity index (χ1n) is 7.97. The number of aromatic nitrogens is 3. The average Bonchev–Trinajstić information content (AvgIpc) is 3.25. The Morgan fingerprint density at radius 1 is 1.50 bits per heavy atom. The Kier molecular flexibility index (Phi) is 3.90. The fourth-order valence-corrected chi connectivity index (χ4v) is 3.94. The number of nitriles is 1. The number of ether oxygens (including phenoxy) is 1. The van der Waals surface area contributed by atoms with E-state index in [4.69, 9.17) is 20.7 Å². The molecule has 2 aliphatic heterocycles. The molecule has 7 nitrogen and oxygen atoms in total. The number of anilines is 1. The normalized spacial score (nSPS) is 23.8. The quantitative estimate of drug-likeness (QED) is 0.816. The number of hydrogen-bond acceptors (Lipinski definition) is 6. The number of nitrogens with one attached hydrogen (secondary N) is 1. The van der Waals surface area contributed by atoms with E-state index < -0.39 is 0 Å². The van der Waals surface area contributed by atoms with E-state index in [0.717, 1.165) is 47.3 Å². The van der Waals surface area contributed by atoms with Crippen LogP contribution in [0.1, 0.15) is 35.9 Å². The zero-order valence-corrected chi connectivity index (χ0v) is 14.6. The predicted molar refractivity (Wildman–Crippen MR) is 92.3 cm³/mol. The van der Waals surface area contributed by atoms with E-state index in [1.165, 1.54) is 0 Å². The van der Waals surface area contributed by atoms with Crippen molar-refractivity contribution in [3.05, 3.63) is 33.8 Å². The van der Waals surface area contributed by atoms with Crippen LogP contribution in [-0.2, 0) is 4.74 Å². The van der Waals surface area contributed by atoms with Crippen molar-refractivity contribution >= 4 is 27.4 Å². The van der Waals surface area contributed by atoms with E-state index in [0.29, 0.717) is 24.1 Å². The minimum atomic E-state index is -0.0254. The first-order valence-corrected chi connectivity index (χ1v) is 8.76. The van der Waals surface area contributed by atoms with Gasteiger partial charge < -0.3 is 15.8 Å². The van der Waals surface area contributed by atoms with Crippen molar-refractivity contribution < 1.29 is 4.74 Å². The van der Waals surface area contributed by atoms with Crippen molar-refractivity contribution in [2.75, 3.05) is 25.4 Å². The highest BCUT2D eigenvalue weighted by Gasteiger charge is 2.27. The molecule has 4 rings (SSSR count). The van der Waals surface area contributed by atoms with E-state index in [1.807, 2.05) is 12.1 Å². The molecular formula is C16H17BrN6O. The summed E-state index contributed by atoms with van der Waals surface area (Å²) in [5.74, 6) is 1.20. The first kappa shape index (κ1) is 15.4. The maximum absolute atomic E-state index is 8.98. The molecule has 8 heteroatoms. The van der Waals surface area contributed by atoms with Crippen LogP contribution < -0.4 is 11.1 Å². The maximum Gasteiger partial charge on any atom is 0.193 e. The largest absolute Gasteiger partial charge is 0.483 e. The fraction of sp³-hybridized carbons (Fsp3) is 0.438. The molecule has 4 heterocycles. The summed E-state index contributed by atoms with van der Waals surface area (Å²) in [5.41, 5.74) is 8.93. The second-order valence-electron chi connectivity index (χ2n) is 6.14. The SMILES string of the molecule is N#CC1=CC(c2cnn3c(N)c(Br)c(C4CCCNC4)nc23)CO1. The number of nitrogens with two attached hydrogens (primary N) is 1. The number of rotatable bonds is 2. The van der Waals surface area contributed by atoms with Gasteiger partial charge in [-0.3, -0.25) is 0 Å². The van der Waals surface area contributed by atoms with Crippen LogP contribution in [0.3, 0.4) is 0 Å². The van der Waals surface area contributed by atoms with Gasteiger partial charge in [-0.1, -0.05) is 0 Å². The lowest BCUT2D eigenvalue weighted by molar-refractivity contribution is 0.249. The minimum absolute atomic E-state index is 0.0254. The van der Waals surface area contributed by atoms with Crippen LogP contribution in [0.4, 0.5) is 5.82 Å². The Morgan fingerprint density at radius 3 is 3.08 bits per heavy atom. The highest BCUT2D eigenvalue weighted by atomic mass is 79.9. The van der Waals surface area contributed by atoms with Crippen LogP contribution in [0.25, 0.3) is 5.65 Å². The van der Waals surface area contributed by atoms with Gasteiger partial charge in [0, 0.05) is 23.9 Å². The lowest BCUT2D eigenvalue weighted by Crippen LogP contribution is -2.29. The lowest BCUT2D eigenvalue weighted by Gasteiger charge is -2.24. The summed E-state index contributed by atoms with van der Waals surface area (Å²) in [7, 11) is 0. The van der Waals surface area contributed by atoms with Gasteiger partial charge in [0.05, 0.1) is 23.0 Å². The van der Waals surface area contributed by atoms with Gasteiger partial charge in [-0.05, 0) is 41.4 Å². The number of nitrogen functional groups attached to an aromatic ring is 1. The number of allylic oxidation sites excluding steroid dienone is 1. The Labute approximate surface area is 147 Å². The van der Waals surface area contributed by atoms with Crippen LogP contribution in [0.15, 0.2) is 22.5 Å². The summed E-state index contributed by atoms with van der Waals surface area (Å²) in [6.45, 7) is 2.38. The van der Waals surface area contributed by atoms with Gasteiger partial charge in [0.1, 0.15) is 11.9 Å². The highest BCUT2D eigenvalue weighted by Crippen LogP contribution is 2.35. The van der Waals surface area contributed by atoms with Gasteiger partial charge in [0.15, 0.2) is 11.4 Å².